The number of rotatable bonds is 8. The number of hydrogen-bond acceptors (Lipinski definition) is 8. The van der Waals surface area contributed by atoms with E-state index in [1.54, 1.807) is 36.4 Å². The van der Waals surface area contributed by atoms with Gasteiger partial charge in [-0.3, -0.25) is 4.79 Å². The molecule has 1 aromatic carbocycles. The Kier molecular flexibility index (Phi) is 8.01. The first-order valence-corrected chi connectivity index (χ1v) is 11.6. The molecule has 12 heteroatoms. The lowest BCUT2D eigenvalue weighted by Crippen LogP contribution is -2.40. The number of carbonyl (C=O) groups is 1. The van der Waals surface area contributed by atoms with E-state index in [1.807, 2.05) is 0 Å². The Bertz CT molecular complexity index is 1250. The monoisotopic (exact) mass is 517 g/mol. The second kappa shape index (κ2) is 11.4. The summed E-state index contributed by atoms with van der Waals surface area (Å²) >= 11 is 6.25. The molecule has 1 saturated heterocycles. The van der Waals surface area contributed by atoms with Crippen molar-refractivity contribution in [3.8, 4) is 17.3 Å². The molecular formula is C24H25ClFN5O5. The van der Waals surface area contributed by atoms with Gasteiger partial charge in [-0.05, 0) is 36.6 Å². The van der Waals surface area contributed by atoms with Crippen LogP contribution in [0.25, 0.3) is 5.69 Å². The number of alkyl carbamates (subject to hydrolysis) is 1. The molecule has 36 heavy (non-hydrogen) atoms. The Balaban J connectivity index is 1.39. The molecule has 1 aliphatic heterocycles. The fourth-order valence-electron chi connectivity index (χ4n) is 3.55. The lowest BCUT2D eigenvalue weighted by molar-refractivity contribution is -0.0234. The van der Waals surface area contributed by atoms with Crippen LogP contribution >= 0.6 is 11.6 Å². The van der Waals surface area contributed by atoms with Crippen LogP contribution in [0, 0.1) is 0 Å². The number of hydrogen-bond donors (Lipinski definition) is 2. The van der Waals surface area contributed by atoms with Crippen molar-refractivity contribution in [2.24, 2.45) is 0 Å². The van der Waals surface area contributed by atoms with Gasteiger partial charge < -0.3 is 24.8 Å². The fourth-order valence-corrected chi connectivity index (χ4v) is 3.75. The summed E-state index contributed by atoms with van der Waals surface area (Å²) in [5.74, 6) is 0.847. The number of aromatic nitrogens is 3. The molecule has 0 radical (unpaired) electrons. The average Bonchev–Trinajstić information content (AvgIpc) is 2.90. The number of halogens is 2. The predicted molar refractivity (Wildman–Crippen MR) is 131 cm³/mol. The van der Waals surface area contributed by atoms with Gasteiger partial charge in [0.1, 0.15) is 10.8 Å². The van der Waals surface area contributed by atoms with Crippen LogP contribution in [0.15, 0.2) is 53.6 Å². The zero-order valence-electron chi connectivity index (χ0n) is 19.5. The summed E-state index contributed by atoms with van der Waals surface area (Å²) in [6.45, 7) is 0.832. The minimum Gasteiger partial charge on any atom is -0.453 e. The molecule has 1 aliphatic rings. The van der Waals surface area contributed by atoms with Crippen LogP contribution in [0.3, 0.4) is 0 Å². The number of alkyl halides is 1. The number of amides is 1. The molecule has 1 amide bonds. The highest BCUT2D eigenvalue weighted by molar-refractivity contribution is 6.32. The quantitative estimate of drug-likeness (QED) is 0.462. The van der Waals surface area contributed by atoms with Crippen LogP contribution in [0.1, 0.15) is 18.4 Å². The fraction of sp³-hybridized carbons (Fsp3) is 0.333. The standard InChI is InChI=1S/C24H25ClFN5O5/c1-34-23(33)28-11-16-3-6-18(7-4-16)36-20-8-5-17(12-27-20)31-22(32)21(25)19(13-30-31)29-14-24(26)9-2-10-35-15-24/h3-8,12-13,29H,2,9-11,14-15H2,1H3,(H,28,33)/t24-/m0/s1. The smallest absolute Gasteiger partial charge is 0.407 e. The van der Waals surface area contributed by atoms with Gasteiger partial charge in [0.15, 0.2) is 5.67 Å². The number of ether oxygens (including phenoxy) is 3. The number of anilines is 1. The summed E-state index contributed by atoms with van der Waals surface area (Å²) in [5.41, 5.74) is -0.589. The van der Waals surface area contributed by atoms with Gasteiger partial charge in [0, 0.05) is 19.2 Å². The molecule has 2 aromatic heterocycles. The number of nitrogens with zero attached hydrogens (tertiary/aromatic N) is 3. The predicted octanol–water partition coefficient (Wildman–Crippen LogP) is 3.86. The highest BCUT2D eigenvalue weighted by Gasteiger charge is 2.32. The number of nitrogens with one attached hydrogen (secondary N) is 2. The molecule has 0 saturated carbocycles. The third kappa shape index (κ3) is 6.29. The molecule has 0 unspecified atom stereocenters. The van der Waals surface area contributed by atoms with Crippen LogP contribution in [0.4, 0.5) is 14.9 Å². The summed E-state index contributed by atoms with van der Waals surface area (Å²) in [6.07, 6.45) is 3.30. The Morgan fingerprint density at radius 3 is 2.72 bits per heavy atom. The minimum absolute atomic E-state index is 0.00104. The summed E-state index contributed by atoms with van der Waals surface area (Å²) in [7, 11) is 1.30. The highest BCUT2D eigenvalue weighted by atomic mass is 35.5. The number of benzene rings is 1. The largest absolute Gasteiger partial charge is 0.453 e. The van der Waals surface area contributed by atoms with Gasteiger partial charge >= 0.3 is 6.09 Å². The zero-order valence-corrected chi connectivity index (χ0v) is 20.3. The first kappa shape index (κ1) is 25.4. The van der Waals surface area contributed by atoms with Crippen molar-refractivity contribution >= 4 is 23.4 Å². The summed E-state index contributed by atoms with van der Waals surface area (Å²) in [4.78, 5) is 28.1. The van der Waals surface area contributed by atoms with E-state index in [-0.39, 0.29) is 23.9 Å². The van der Waals surface area contributed by atoms with Crippen LogP contribution < -0.4 is 20.9 Å². The van der Waals surface area contributed by atoms with E-state index in [2.05, 4.69) is 25.5 Å². The highest BCUT2D eigenvalue weighted by Crippen LogP contribution is 2.26. The number of pyridine rings is 1. The first-order valence-electron chi connectivity index (χ1n) is 11.2. The van der Waals surface area contributed by atoms with Gasteiger partial charge in [-0.25, -0.2) is 14.2 Å². The number of methoxy groups -OCH3 is 1. The maximum atomic E-state index is 14.8. The number of carbonyl (C=O) groups excluding carboxylic acids is 1. The Morgan fingerprint density at radius 2 is 2.06 bits per heavy atom. The van der Waals surface area contributed by atoms with Gasteiger partial charge in [0.25, 0.3) is 5.56 Å². The van der Waals surface area contributed by atoms with Gasteiger partial charge in [-0.1, -0.05) is 23.7 Å². The second-order valence-electron chi connectivity index (χ2n) is 8.20. The Labute approximate surface area is 211 Å². The molecule has 0 bridgehead atoms. The topological polar surface area (TPSA) is 117 Å². The molecule has 3 heterocycles. The molecule has 0 spiro atoms. The summed E-state index contributed by atoms with van der Waals surface area (Å²) in [5, 5.41) is 9.50. The summed E-state index contributed by atoms with van der Waals surface area (Å²) in [6, 6.07) is 10.3. The SMILES string of the molecule is COC(=O)NCc1ccc(Oc2ccc(-n3ncc(NC[C@@]4(F)CCCOC4)c(Cl)c3=O)cn2)cc1. The lowest BCUT2D eigenvalue weighted by Gasteiger charge is -2.29. The van der Waals surface area contributed by atoms with E-state index in [1.165, 1.54) is 19.5 Å². The molecular weight excluding hydrogens is 493 g/mol. The van der Waals surface area contributed by atoms with E-state index >= 15 is 0 Å². The van der Waals surface area contributed by atoms with Crippen LogP contribution in [-0.2, 0) is 16.0 Å². The average molecular weight is 518 g/mol. The zero-order chi connectivity index (χ0) is 25.5. The molecule has 1 atom stereocenters. The van der Waals surface area contributed by atoms with Crippen molar-refractivity contribution in [2.45, 2.75) is 25.1 Å². The summed E-state index contributed by atoms with van der Waals surface area (Å²) < 4.78 is 31.3. The Morgan fingerprint density at radius 1 is 1.25 bits per heavy atom. The van der Waals surface area contributed by atoms with Gasteiger partial charge in [-0.15, -0.1) is 0 Å². The normalized spacial score (nSPS) is 17.3. The van der Waals surface area contributed by atoms with Crippen molar-refractivity contribution in [3.05, 3.63) is 69.7 Å². The Hall–Kier alpha value is -3.70. The first-order chi connectivity index (χ1) is 17.4. The molecule has 0 aliphatic carbocycles. The molecule has 2 N–H and O–H groups in total. The van der Waals surface area contributed by atoms with E-state index in [0.717, 1.165) is 10.2 Å². The second-order valence-corrected chi connectivity index (χ2v) is 8.57. The van der Waals surface area contributed by atoms with E-state index in [0.29, 0.717) is 43.3 Å². The van der Waals surface area contributed by atoms with Gasteiger partial charge in [0.2, 0.25) is 5.88 Å². The van der Waals surface area contributed by atoms with Crippen molar-refractivity contribution in [2.75, 3.05) is 32.2 Å². The van der Waals surface area contributed by atoms with Crippen molar-refractivity contribution in [3.63, 3.8) is 0 Å². The van der Waals surface area contributed by atoms with E-state index in [9.17, 15) is 14.0 Å². The molecule has 3 aromatic rings. The molecule has 4 rings (SSSR count). The van der Waals surface area contributed by atoms with Gasteiger partial charge in [0.05, 0.1) is 44.0 Å². The molecule has 10 nitrogen and oxygen atoms in total. The molecule has 190 valence electrons. The van der Waals surface area contributed by atoms with Crippen molar-refractivity contribution in [1.29, 1.82) is 0 Å². The van der Waals surface area contributed by atoms with Crippen LogP contribution in [0.5, 0.6) is 11.6 Å². The van der Waals surface area contributed by atoms with Crippen LogP contribution in [-0.4, -0.2) is 53.4 Å². The molecule has 1 fully saturated rings. The van der Waals surface area contributed by atoms with E-state index < -0.39 is 17.3 Å². The van der Waals surface area contributed by atoms with Crippen molar-refractivity contribution < 1.29 is 23.4 Å². The van der Waals surface area contributed by atoms with Crippen molar-refractivity contribution in [1.82, 2.24) is 20.1 Å². The lowest BCUT2D eigenvalue weighted by atomic mass is 9.99. The van der Waals surface area contributed by atoms with Gasteiger partial charge in [-0.2, -0.15) is 9.78 Å². The van der Waals surface area contributed by atoms with E-state index in [4.69, 9.17) is 21.1 Å². The van der Waals surface area contributed by atoms with Crippen LogP contribution in [0.2, 0.25) is 5.02 Å². The third-order valence-electron chi connectivity index (χ3n) is 5.52. The maximum Gasteiger partial charge on any atom is 0.407 e. The third-order valence-corrected chi connectivity index (χ3v) is 5.89. The maximum absolute atomic E-state index is 14.8. The minimum atomic E-state index is -1.52.